The summed E-state index contributed by atoms with van der Waals surface area (Å²) in [5, 5.41) is 9.42. The smallest absolute Gasteiger partial charge is 0.242 e. The Bertz CT molecular complexity index is 1080. The van der Waals surface area contributed by atoms with Gasteiger partial charge in [0.05, 0.1) is 36.2 Å². The summed E-state index contributed by atoms with van der Waals surface area (Å²) >= 11 is 1.15. The maximum atomic E-state index is 13.4. The topological polar surface area (TPSA) is 124 Å². The molecule has 0 spiro atoms. The second-order valence-corrected chi connectivity index (χ2v) is 11.0. The molecule has 3 saturated heterocycles. The molecule has 0 radical (unpaired) electrons. The van der Waals surface area contributed by atoms with Crippen molar-refractivity contribution in [1.29, 1.82) is 5.26 Å². The molecule has 0 aromatic heterocycles. The molecule has 5 aliphatic rings. The van der Waals surface area contributed by atoms with Gasteiger partial charge in [-0.3, -0.25) is 14.5 Å². The van der Waals surface area contributed by atoms with Gasteiger partial charge in [-0.2, -0.15) is 10.7 Å². The summed E-state index contributed by atoms with van der Waals surface area (Å²) in [7, 11) is 1.63. The Labute approximate surface area is 208 Å². The van der Waals surface area contributed by atoms with E-state index in [2.05, 4.69) is 33.5 Å². The summed E-state index contributed by atoms with van der Waals surface area (Å²) in [6.45, 7) is 1.10. The molecule has 3 aliphatic heterocycles. The lowest BCUT2D eigenvalue weighted by Crippen LogP contribution is -2.57. The number of nitrogens with two attached hydrogens (primary N) is 1. The maximum Gasteiger partial charge on any atom is 0.242 e. The first-order valence-electron chi connectivity index (χ1n) is 12.3. The van der Waals surface area contributed by atoms with Crippen molar-refractivity contribution in [2.45, 2.75) is 73.3 Å². The van der Waals surface area contributed by atoms with Crippen molar-refractivity contribution in [3.05, 3.63) is 29.3 Å². The number of piperazine rings is 1. The number of nitrogens with zero attached hydrogens (tertiary/aromatic N) is 4. The van der Waals surface area contributed by atoms with Crippen molar-refractivity contribution < 1.29 is 18.9 Å². The van der Waals surface area contributed by atoms with Crippen LogP contribution in [0.25, 0.3) is 0 Å². The third-order valence-corrected chi connectivity index (χ3v) is 8.90. The molecule has 2 bridgehead atoms. The van der Waals surface area contributed by atoms with E-state index in [1.807, 2.05) is 6.07 Å². The van der Waals surface area contributed by atoms with Gasteiger partial charge in [-0.05, 0) is 61.3 Å². The quantitative estimate of drug-likeness (QED) is 0.233. The molecule has 3 N–H and O–H groups in total. The first-order valence-corrected chi connectivity index (χ1v) is 13.1. The van der Waals surface area contributed by atoms with E-state index in [1.165, 1.54) is 11.1 Å². The number of likely N-dealkylation sites (tertiary alicyclic amines) is 3. The van der Waals surface area contributed by atoms with Crippen LogP contribution in [0.15, 0.2) is 23.1 Å². The lowest BCUT2D eigenvalue weighted by atomic mass is 10.1. The van der Waals surface area contributed by atoms with Crippen LogP contribution < -0.4 is 11.2 Å². The van der Waals surface area contributed by atoms with Crippen LogP contribution in [0, 0.1) is 17.2 Å². The summed E-state index contributed by atoms with van der Waals surface area (Å²) in [5.41, 5.74) is 11.2. The van der Waals surface area contributed by atoms with E-state index in [4.69, 9.17) is 15.1 Å². The highest BCUT2D eigenvalue weighted by Gasteiger charge is 2.56. The highest BCUT2D eigenvalue weighted by atomic mass is 32.2. The Hall–Kier alpha value is -2.20. The van der Waals surface area contributed by atoms with Gasteiger partial charge < -0.3 is 15.5 Å². The third kappa shape index (κ3) is 3.93. The van der Waals surface area contributed by atoms with Gasteiger partial charge in [0.25, 0.3) is 0 Å². The molecule has 3 heterocycles. The molecule has 10 nitrogen and oxygen atoms in total. The predicted molar refractivity (Wildman–Crippen MR) is 126 cm³/mol. The standard InChI is InChI=1S/C24H30N6O4S/c1-27-33-34-35-17-3-4-18-13(7-17)2-5-20(18)30-16-9-22(24(30)32)28(11-16)12-19(26)23(31)29-15(10-25)6-14-8-21(14)29/h3-4,7,14-16,19-22,27H,2,5-6,8-9,11-12,26H2,1H3/t14-,15+,16?,19+,20+,21+,22+/m1/s1. The van der Waals surface area contributed by atoms with Gasteiger partial charge in [-0.1, -0.05) is 6.07 Å². The number of carbonyl (C=O) groups excluding carboxylic acids is 2. The Morgan fingerprint density at radius 2 is 2.20 bits per heavy atom. The molecule has 6 rings (SSSR count). The maximum absolute atomic E-state index is 13.4. The molecule has 186 valence electrons. The molecule has 4 fully saturated rings. The summed E-state index contributed by atoms with van der Waals surface area (Å²) in [6.07, 6.45) is 4.37. The van der Waals surface area contributed by atoms with Gasteiger partial charge >= 0.3 is 0 Å². The first kappa shape index (κ1) is 23.2. The van der Waals surface area contributed by atoms with Crippen LogP contribution in [0.3, 0.4) is 0 Å². The van der Waals surface area contributed by atoms with Gasteiger partial charge in [0, 0.05) is 37.1 Å². The van der Waals surface area contributed by atoms with Crippen LogP contribution >= 0.6 is 12.0 Å². The number of amides is 2. The van der Waals surface area contributed by atoms with E-state index in [0.29, 0.717) is 12.5 Å². The lowest BCUT2D eigenvalue weighted by Gasteiger charge is -2.38. The number of hydrogen-bond acceptors (Lipinski definition) is 9. The number of nitriles is 1. The number of fused-ring (bicyclic) bond motifs is 4. The summed E-state index contributed by atoms with van der Waals surface area (Å²) in [5.74, 6) is 0.462. The first-order chi connectivity index (χ1) is 17.0. The average molecular weight is 499 g/mol. The van der Waals surface area contributed by atoms with Crippen molar-refractivity contribution >= 4 is 23.9 Å². The number of piperidine rings is 1. The second-order valence-electron chi connectivity index (χ2n) is 10.3. The van der Waals surface area contributed by atoms with Gasteiger partial charge in [0.2, 0.25) is 11.8 Å². The Kier molecular flexibility index (Phi) is 5.99. The number of hydrogen-bond donors (Lipinski definition) is 2. The second kappa shape index (κ2) is 9.03. The van der Waals surface area contributed by atoms with Gasteiger partial charge in [0.1, 0.15) is 6.04 Å². The van der Waals surface area contributed by atoms with Gasteiger partial charge in [-0.15, -0.1) is 9.32 Å². The number of aryl methyl sites for hydroxylation is 1. The molecular weight excluding hydrogens is 468 g/mol. The minimum atomic E-state index is -0.706. The minimum absolute atomic E-state index is 0.0891. The van der Waals surface area contributed by atoms with E-state index in [1.54, 1.807) is 11.9 Å². The summed E-state index contributed by atoms with van der Waals surface area (Å²) < 4.78 is 5.01. The largest absolute Gasteiger partial charge is 0.330 e. The average Bonchev–Trinajstić information content (AvgIpc) is 3.18. The van der Waals surface area contributed by atoms with Gasteiger partial charge in [-0.25, -0.2) is 0 Å². The molecule has 1 saturated carbocycles. The van der Waals surface area contributed by atoms with Crippen LogP contribution in [0.4, 0.5) is 0 Å². The fraction of sp³-hybridized carbons (Fsp3) is 0.625. The van der Waals surface area contributed by atoms with Crippen LogP contribution in [-0.4, -0.2) is 76.9 Å². The lowest BCUT2D eigenvalue weighted by molar-refractivity contribution is -0.237. The number of carbonyl (C=O) groups is 2. The van der Waals surface area contributed by atoms with E-state index >= 15 is 0 Å². The molecule has 35 heavy (non-hydrogen) atoms. The Morgan fingerprint density at radius 3 is 2.97 bits per heavy atom. The van der Waals surface area contributed by atoms with Crippen LogP contribution in [0.1, 0.15) is 42.9 Å². The van der Waals surface area contributed by atoms with E-state index in [-0.39, 0.29) is 42.0 Å². The van der Waals surface area contributed by atoms with Crippen LogP contribution in [0.5, 0.6) is 0 Å². The Balaban J connectivity index is 1.09. The molecular formula is C24H30N6O4S. The zero-order valence-electron chi connectivity index (χ0n) is 19.6. The van der Waals surface area contributed by atoms with Crippen molar-refractivity contribution in [3.63, 3.8) is 0 Å². The number of hydroxylamine groups is 1. The van der Waals surface area contributed by atoms with Crippen molar-refractivity contribution in [3.8, 4) is 6.07 Å². The normalized spacial score (nSPS) is 33.7. The van der Waals surface area contributed by atoms with E-state index in [9.17, 15) is 14.9 Å². The van der Waals surface area contributed by atoms with Crippen molar-refractivity contribution in [2.75, 3.05) is 20.1 Å². The molecule has 1 aromatic rings. The highest BCUT2D eigenvalue weighted by Crippen LogP contribution is 2.48. The Morgan fingerprint density at radius 1 is 1.34 bits per heavy atom. The molecule has 7 atom stereocenters. The minimum Gasteiger partial charge on any atom is -0.330 e. The predicted octanol–water partition coefficient (Wildman–Crippen LogP) is 0.889. The zero-order chi connectivity index (χ0) is 24.3. The van der Waals surface area contributed by atoms with Crippen molar-refractivity contribution in [2.24, 2.45) is 11.7 Å². The summed E-state index contributed by atoms with van der Waals surface area (Å²) in [6, 6.07) is 7.59. The molecule has 2 aliphatic carbocycles. The van der Waals surface area contributed by atoms with Crippen LogP contribution in [0.2, 0.25) is 0 Å². The molecule has 11 heteroatoms. The van der Waals surface area contributed by atoms with E-state index in [0.717, 1.165) is 55.6 Å². The highest BCUT2D eigenvalue weighted by molar-refractivity contribution is 7.94. The number of benzene rings is 1. The zero-order valence-corrected chi connectivity index (χ0v) is 20.4. The fourth-order valence-electron chi connectivity index (χ4n) is 6.71. The molecule has 1 unspecified atom stereocenters. The third-order valence-electron chi connectivity index (χ3n) is 8.31. The number of nitrogens with one attached hydrogen (secondary N) is 1. The SMILES string of the molecule is CNOOSc1ccc2c(c1)CC[C@@H]2N1C(=O)[C@@H]2CC1CN2C[C@H](N)C(=O)N1[C@H](C#N)C[C@@H]2C[C@@H]21. The monoisotopic (exact) mass is 498 g/mol. The van der Waals surface area contributed by atoms with E-state index < -0.39 is 6.04 Å². The van der Waals surface area contributed by atoms with Crippen LogP contribution in [-0.2, 0) is 25.3 Å². The molecule has 1 aromatic carbocycles. The van der Waals surface area contributed by atoms with Crippen molar-refractivity contribution in [1.82, 2.24) is 20.2 Å². The fourth-order valence-corrected chi connectivity index (χ4v) is 7.21. The molecule has 2 amide bonds. The number of rotatable bonds is 8. The van der Waals surface area contributed by atoms with Gasteiger partial charge in [0.15, 0.2) is 0 Å². The summed E-state index contributed by atoms with van der Waals surface area (Å²) in [4.78, 5) is 38.0.